The predicted octanol–water partition coefficient (Wildman–Crippen LogP) is 4.66. The molecule has 3 aliphatic rings. The minimum atomic E-state index is -0.964. The van der Waals surface area contributed by atoms with Gasteiger partial charge in [0.25, 0.3) is 5.91 Å². The number of rotatable bonds is 4. The van der Waals surface area contributed by atoms with Gasteiger partial charge in [-0.15, -0.1) is 23.2 Å². The van der Waals surface area contributed by atoms with E-state index in [2.05, 4.69) is 0 Å². The third-order valence-corrected chi connectivity index (χ3v) is 7.55. The fraction of sp³-hybridized carbons (Fsp3) is 0.682. The first-order valence-electron chi connectivity index (χ1n) is 10.3. The molecule has 2 saturated carbocycles. The van der Waals surface area contributed by atoms with E-state index >= 15 is 0 Å². The van der Waals surface area contributed by atoms with Crippen molar-refractivity contribution in [2.45, 2.75) is 73.8 Å². The molecule has 0 radical (unpaired) electrons. The van der Waals surface area contributed by atoms with Crippen LogP contribution in [0.5, 0.6) is 5.75 Å². The number of fused-ring (bicyclic) bond motifs is 1. The number of amides is 1. The summed E-state index contributed by atoms with van der Waals surface area (Å²) in [4.78, 5) is 15.0. The number of carbonyl (C=O) groups excluding carboxylic acids is 1. The lowest BCUT2D eigenvalue weighted by atomic mass is 9.71. The normalized spacial score (nSPS) is 31.8. The molecule has 0 bridgehead atoms. The molecule has 154 valence electrons. The smallest absolute Gasteiger partial charge is 0.266 e. The van der Waals surface area contributed by atoms with Crippen LogP contribution in [0.2, 0.25) is 0 Å². The number of aliphatic hydroxyl groups is 1. The highest BCUT2D eigenvalue weighted by atomic mass is 35.5. The van der Waals surface area contributed by atoms with Gasteiger partial charge in [-0.25, -0.2) is 0 Å². The summed E-state index contributed by atoms with van der Waals surface area (Å²) in [5.41, 5.74) is -0.457. The van der Waals surface area contributed by atoms with Crippen molar-refractivity contribution in [3.8, 4) is 5.75 Å². The second-order valence-electron chi connectivity index (χ2n) is 9.25. The van der Waals surface area contributed by atoms with Crippen LogP contribution in [0.4, 0.5) is 0 Å². The summed E-state index contributed by atoms with van der Waals surface area (Å²) in [6, 6.07) is 7.69. The van der Waals surface area contributed by atoms with E-state index < -0.39 is 15.5 Å². The molecule has 28 heavy (non-hydrogen) atoms. The third kappa shape index (κ3) is 3.88. The lowest BCUT2D eigenvalue weighted by Crippen LogP contribution is -2.58. The zero-order chi connectivity index (χ0) is 20.2. The highest BCUT2D eigenvalue weighted by Gasteiger charge is 2.52. The van der Waals surface area contributed by atoms with E-state index in [0.717, 1.165) is 37.7 Å². The van der Waals surface area contributed by atoms with Crippen molar-refractivity contribution in [3.63, 3.8) is 0 Å². The Morgan fingerprint density at radius 2 is 1.89 bits per heavy atom. The molecule has 2 aliphatic carbocycles. The predicted molar refractivity (Wildman–Crippen MR) is 111 cm³/mol. The molecule has 0 aromatic heterocycles. The Labute approximate surface area is 177 Å². The zero-order valence-electron chi connectivity index (χ0n) is 16.6. The zero-order valence-corrected chi connectivity index (χ0v) is 18.1. The summed E-state index contributed by atoms with van der Waals surface area (Å²) in [7, 11) is 0. The Balaban J connectivity index is 1.39. The number of alkyl halides is 2. The molecule has 4 nitrogen and oxygen atoms in total. The fourth-order valence-corrected chi connectivity index (χ4v) is 5.38. The summed E-state index contributed by atoms with van der Waals surface area (Å²) in [5.74, 6) is 0.983. The van der Waals surface area contributed by atoms with Gasteiger partial charge in [-0.2, -0.15) is 0 Å². The molecule has 1 N–H and O–H groups in total. The van der Waals surface area contributed by atoms with Crippen molar-refractivity contribution in [3.05, 3.63) is 29.8 Å². The van der Waals surface area contributed by atoms with Crippen molar-refractivity contribution in [1.29, 1.82) is 0 Å². The molecule has 4 rings (SSSR count). The minimum Gasteiger partial charge on any atom is -0.478 e. The Kier molecular flexibility index (Phi) is 5.13. The molecule has 0 unspecified atom stereocenters. The lowest BCUT2D eigenvalue weighted by Gasteiger charge is -2.48. The van der Waals surface area contributed by atoms with Crippen molar-refractivity contribution in [1.82, 2.24) is 4.90 Å². The van der Waals surface area contributed by atoms with Gasteiger partial charge in [-0.1, -0.05) is 25.0 Å². The van der Waals surface area contributed by atoms with E-state index in [1.165, 1.54) is 0 Å². The molecule has 3 fully saturated rings. The van der Waals surface area contributed by atoms with E-state index in [0.29, 0.717) is 25.3 Å². The maximum atomic E-state index is 13.2. The number of halogens is 2. The Hall–Kier alpha value is -0.970. The summed E-state index contributed by atoms with van der Waals surface area (Å²) in [6.07, 6.45) is 5.50. The summed E-state index contributed by atoms with van der Waals surface area (Å²) in [5, 5.41) is 10.9. The third-order valence-electron chi connectivity index (χ3n) is 6.71. The van der Waals surface area contributed by atoms with Crippen molar-refractivity contribution in [2.75, 3.05) is 13.1 Å². The summed E-state index contributed by atoms with van der Waals surface area (Å²) < 4.78 is 5.42. The lowest BCUT2D eigenvalue weighted by molar-refractivity contribution is -0.156. The maximum Gasteiger partial charge on any atom is 0.266 e. The quantitative estimate of drug-likeness (QED) is 0.713. The van der Waals surface area contributed by atoms with Gasteiger partial charge in [0.2, 0.25) is 0 Å². The molecule has 6 heteroatoms. The van der Waals surface area contributed by atoms with Gasteiger partial charge in [0.15, 0.2) is 5.60 Å². The average molecular weight is 426 g/mol. The van der Waals surface area contributed by atoms with E-state index in [9.17, 15) is 9.90 Å². The first kappa shape index (κ1) is 20.3. The molecule has 1 heterocycles. The second kappa shape index (κ2) is 7.07. The van der Waals surface area contributed by atoms with Gasteiger partial charge < -0.3 is 14.7 Å². The number of likely N-dealkylation sites (tertiary alicyclic amines) is 1. The van der Waals surface area contributed by atoms with Gasteiger partial charge in [0, 0.05) is 24.9 Å². The first-order chi connectivity index (χ1) is 13.1. The van der Waals surface area contributed by atoms with Crippen LogP contribution in [-0.2, 0) is 4.79 Å². The first-order valence-corrected chi connectivity index (χ1v) is 11.0. The van der Waals surface area contributed by atoms with Crippen molar-refractivity contribution >= 4 is 29.1 Å². The molecule has 1 aromatic rings. The van der Waals surface area contributed by atoms with Crippen molar-refractivity contribution in [2.24, 2.45) is 5.92 Å². The van der Waals surface area contributed by atoms with Crippen molar-refractivity contribution < 1.29 is 14.6 Å². The van der Waals surface area contributed by atoms with Crippen LogP contribution >= 0.6 is 23.2 Å². The van der Waals surface area contributed by atoms with Crippen LogP contribution < -0.4 is 4.74 Å². The van der Waals surface area contributed by atoms with Crippen LogP contribution in [0, 0.1) is 5.92 Å². The van der Waals surface area contributed by atoms with Gasteiger partial charge in [0.1, 0.15) is 10.1 Å². The van der Waals surface area contributed by atoms with E-state index in [4.69, 9.17) is 27.9 Å². The van der Waals surface area contributed by atoms with E-state index in [1.807, 2.05) is 43.0 Å². The topological polar surface area (TPSA) is 49.8 Å². The Morgan fingerprint density at radius 3 is 2.54 bits per heavy atom. The maximum absolute atomic E-state index is 13.2. The average Bonchev–Trinajstić information content (AvgIpc) is 3.29. The van der Waals surface area contributed by atoms with Crippen LogP contribution in [-0.4, -0.2) is 44.5 Å². The van der Waals surface area contributed by atoms with Crippen LogP contribution in [0.25, 0.3) is 0 Å². The highest BCUT2D eigenvalue weighted by Crippen LogP contribution is 2.59. The second-order valence-corrected chi connectivity index (χ2v) is 10.8. The molecule has 3 atom stereocenters. The minimum absolute atomic E-state index is 0.0214. The SMILES string of the molecule is CC(C)(Oc1ccc([C@H]2CC2(Cl)Cl)cc1)C(=O)N1CC[C@@]2(O)CCCC[C@H]2C1. The monoisotopic (exact) mass is 425 g/mol. The largest absolute Gasteiger partial charge is 0.478 e. The Morgan fingerprint density at radius 1 is 1.21 bits per heavy atom. The molecular weight excluding hydrogens is 397 g/mol. The van der Waals surface area contributed by atoms with E-state index in [1.54, 1.807) is 0 Å². The number of piperidine rings is 1. The number of carbonyl (C=O) groups is 1. The number of ether oxygens (including phenoxy) is 1. The molecular formula is C22H29Cl2NO3. The van der Waals surface area contributed by atoms with Crippen LogP contribution in [0.15, 0.2) is 24.3 Å². The van der Waals surface area contributed by atoms with Gasteiger partial charge in [0.05, 0.1) is 5.60 Å². The number of hydrogen-bond donors (Lipinski definition) is 1. The Bertz CT molecular complexity index is 749. The summed E-state index contributed by atoms with van der Waals surface area (Å²) in [6.45, 7) is 4.84. The van der Waals surface area contributed by atoms with E-state index in [-0.39, 0.29) is 17.7 Å². The molecule has 1 aliphatic heterocycles. The van der Waals surface area contributed by atoms with Gasteiger partial charge in [-0.05, 0) is 57.2 Å². The number of nitrogens with zero attached hydrogens (tertiary/aromatic N) is 1. The molecule has 1 amide bonds. The highest BCUT2D eigenvalue weighted by molar-refractivity contribution is 6.51. The van der Waals surface area contributed by atoms with Gasteiger partial charge >= 0.3 is 0 Å². The molecule has 1 saturated heterocycles. The van der Waals surface area contributed by atoms with Gasteiger partial charge in [-0.3, -0.25) is 4.79 Å². The molecule has 1 aromatic carbocycles. The number of hydrogen-bond acceptors (Lipinski definition) is 3. The summed E-state index contributed by atoms with van der Waals surface area (Å²) >= 11 is 12.3. The van der Waals surface area contributed by atoms with Crippen LogP contribution in [0.3, 0.4) is 0 Å². The molecule has 0 spiro atoms. The number of benzene rings is 1. The van der Waals surface area contributed by atoms with Crippen LogP contribution in [0.1, 0.15) is 63.9 Å². The standard InChI is InChI=1S/C22H29Cl2NO3/c1-20(2,28-17-8-6-15(7-9-17)18-13-22(18,23)24)19(26)25-12-11-21(27)10-4-3-5-16(21)14-25/h6-9,16,18,27H,3-5,10-14H2,1-2H3/t16-,18+,21-/m0/s1. The fourth-order valence-electron chi connectivity index (χ4n) is 4.82.